The summed E-state index contributed by atoms with van der Waals surface area (Å²) < 4.78 is 0. The first-order valence-corrected chi connectivity index (χ1v) is 10.4. The lowest BCUT2D eigenvalue weighted by Crippen LogP contribution is -2.53. The molecule has 0 amide bonds. The van der Waals surface area contributed by atoms with E-state index in [1.807, 2.05) is 0 Å². The number of Topliss-reactive ketones (excluding diaryl/α,β-unsaturated/α-hetero) is 1. The Balaban J connectivity index is 1.51. The van der Waals surface area contributed by atoms with Crippen molar-refractivity contribution in [2.24, 2.45) is 45.4 Å². The van der Waals surface area contributed by atoms with Crippen LogP contribution in [0.3, 0.4) is 0 Å². The van der Waals surface area contributed by atoms with Crippen molar-refractivity contribution >= 4 is 11.5 Å². The van der Waals surface area contributed by atoms with Crippen LogP contribution in [0.5, 0.6) is 0 Å². The zero-order valence-corrected chi connectivity index (χ0v) is 15.9. The van der Waals surface area contributed by atoms with Crippen LogP contribution < -0.4 is 5.73 Å². The zero-order chi connectivity index (χ0) is 17.7. The molecule has 0 bridgehead atoms. The molecule has 4 unspecified atom stereocenters. The van der Waals surface area contributed by atoms with Crippen LogP contribution in [0.2, 0.25) is 0 Å². The second kappa shape index (κ2) is 6.37. The maximum atomic E-state index is 12.5. The molecule has 0 radical (unpaired) electrons. The highest BCUT2D eigenvalue weighted by Crippen LogP contribution is 2.65. The van der Waals surface area contributed by atoms with Gasteiger partial charge in [0.15, 0.2) is 0 Å². The molecule has 6 atom stereocenters. The minimum atomic E-state index is 0.00170. The first kappa shape index (κ1) is 17.5. The van der Waals surface area contributed by atoms with Crippen molar-refractivity contribution in [2.75, 3.05) is 13.2 Å². The molecule has 4 heteroatoms. The molecule has 4 nitrogen and oxygen atoms in total. The SMILES string of the molecule is C[C@]12CC/C(=N\OCCN)CC1CCC1C2CC[C@]2(C)C(=O)CCC12. The number of nitrogens with two attached hydrogens (primary N) is 1. The van der Waals surface area contributed by atoms with E-state index in [1.165, 1.54) is 31.4 Å². The Morgan fingerprint density at radius 3 is 2.76 bits per heavy atom. The Labute approximate surface area is 151 Å². The van der Waals surface area contributed by atoms with Gasteiger partial charge in [0.25, 0.3) is 0 Å². The molecule has 140 valence electrons. The quantitative estimate of drug-likeness (QED) is 0.622. The topological polar surface area (TPSA) is 64.7 Å². The van der Waals surface area contributed by atoms with Gasteiger partial charge in [0.2, 0.25) is 0 Å². The molecule has 0 aromatic rings. The minimum absolute atomic E-state index is 0.00170. The van der Waals surface area contributed by atoms with Crippen molar-refractivity contribution in [3.8, 4) is 0 Å². The van der Waals surface area contributed by atoms with Crippen LogP contribution in [0.25, 0.3) is 0 Å². The first-order valence-electron chi connectivity index (χ1n) is 10.4. The molecular formula is C21H34N2O2. The van der Waals surface area contributed by atoms with E-state index in [0.29, 0.717) is 30.3 Å². The Hall–Kier alpha value is -0.900. The number of nitrogens with zero attached hydrogens (tertiary/aromatic N) is 1. The maximum Gasteiger partial charge on any atom is 0.139 e. The van der Waals surface area contributed by atoms with E-state index in [4.69, 9.17) is 10.6 Å². The van der Waals surface area contributed by atoms with Crippen molar-refractivity contribution in [1.82, 2.24) is 0 Å². The fourth-order valence-corrected chi connectivity index (χ4v) is 7.10. The molecule has 4 aliphatic carbocycles. The average Bonchev–Trinajstić information content (AvgIpc) is 2.90. The summed E-state index contributed by atoms with van der Waals surface area (Å²) >= 11 is 0. The van der Waals surface area contributed by atoms with Gasteiger partial charge in [-0.2, -0.15) is 0 Å². The summed E-state index contributed by atoms with van der Waals surface area (Å²) in [4.78, 5) is 17.8. The summed E-state index contributed by atoms with van der Waals surface area (Å²) in [6.45, 7) is 5.87. The van der Waals surface area contributed by atoms with Gasteiger partial charge in [-0.05, 0) is 80.5 Å². The Kier molecular flexibility index (Phi) is 4.46. The monoisotopic (exact) mass is 346 g/mol. The van der Waals surface area contributed by atoms with Gasteiger partial charge in [0.1, 0.15) is 12.4 Å². The van der Waals surface area contributed by atoms with Crippen molar-refractivity contribution in [1.29, 1.82) is 0 Å². The van der Waals surface area contributed by atoms with Gasteiger partial charge in [-0.25, -0.2) is 0 Å². The molecule has 0 aromatic carbocycles. The molecule has 2 N–H and O–H groups in total. The highest BCUT2D eigenvalue weighted by Gasteiger charge is 2.59. The second-order valence-corrected chi connectivity index (χ2v) is 9.56. The lowest BCUT2D eigenvalue weighted by atomic mass is 9.45. The molecule has 4 rings (SSSR count). The second-order valence-electron chi connectivity index (χ2n) is 9.56. The minimum Gasteiger partial charge on any atom is -0.395 e. The number of oxime groups is 1. The number of fused-ring (bicyclic) bond motifs is 5. The van der Waals surface area contributed by atoms with Crippen molar-refractivity contribution in [3.63, 3.8) is 0 Å². The predicted molar refractivity (Wildman–Crippen MR) is 99.2 cm³/mol. The fraction of sp³-hybridized carbons (Fsp3) is 0.905. The van der Waals surface area contributed by atoms with Crippen molar-refractivity contribution < 1.29 is 9.63 Å². The lowest BCUT2D eigenvalue weighted by Gasteiger charge is -2.59. The van der Waals surface area contributed by atoms with Gasteiger partial charge in [-0.3, -0.25) is 4.79 Å². The number of rotatable bonds is 3. The van der Waals surface area contributed by atoms with E-state index in [0.717, 1.165) is 49.9 Å². The molecular weight excluding hydrogens is 312 g/mol. The summed E-state index contributed by atoms with van der Waals surface area (Å²) in [6, 6.07) is 0. The van der Waals surface area contributed by atoms with Gasteiger partial charge >= 0.3 is 0 Å². The lowest BCUT2D eigenvalue weighted by molar-refractivity contribution is -0.137. The summed E-state index contributed by atoms with van der Waals surface area (Å²) in [7, 11) is 0. The van der Waals surface area contributed by atoms with Gasteiger partial charge in [-0.1, -0.05) is 19.0 Å². The van der Waals surface area contributed by atoms with Crippen LogP contribution in [0.15, 0.2) is 5.16 Å². The highest BCUT2D eigenvalue weighted by molar-refractivity contribution is 5.87. The van der Waals surface area contributed by atoms with E-state index >= 15 is 0 Å². The third-order valence-electron chi connectivity index (χ3n) is 8.61. The van der Waals surface area contributed by atoms with Crippen LogP contribution in [-0.4, -0.2) is 24.6 Å². The van der Waals surface area contributed by atoms with Crippen LogP contribution in [0.4, 0.5) is 0 Å². The van der Waals surface area contributed by atoms with Crippen molar-refractivity contribution in [2.45, 2.75) is 71.6 Å². The third-order valence-corrected chi connectivity index (χ3v) is 8.61. The van der Waals surface area contributed by atoms with Crippen LogP contribution in [0.1, 0.15) is 71.6 Å². The zero-order valence-electron chi connectivity index (χ0n) is 15.9. The molecule has 25 heavy (non-hydrogen) atoms. The van der Waals surface area contributed by atoms with Crippen LogP contribution in [0, 0.1) is 34.5 Å². The van der Waals surface area contributed by atoms with Crippen LogP contribution in [-0.2, 0) is 9.63 Å². The smallest absolute Gasteiger partial charge is 0.139 e. The number of carbonyl (C=O) groups is 1. The Bertz CT molecular complexity index is 574. The predicted octanol–water partition coefficient (Wildman–Crippen LogP) is 3.93. The van der Waals surface area contributed by atoms with Crippen molar-refractivity contribution in [3.05, 3.63) is 0 Å². The number of hydrogen-bond acceptors (Lipinski definition) is 4. The molecule has 0 aromatic heterocycles. The molecule has 0 saturated heterocycles. The largest absolute Gasteiger partial charge is 0.395 e. The number of carbonyl (C=O) groups excluding carboxylic acids is 1. The third kappa shape index (κ3) is 2.67. The van der Waals surface area contributed by atoms with E-state index in [2.05, 4.69) is 19.0 Å². The molecule has 0 spiro atoms. The van der Waals surface area contributed by atoms with Crippen LogP contribution >= 0.6 is 0 Å². The van der Waals surface area contributed by atoms with E-state index in [9.17, 15) is 4.79 Å². The first-order chi connectivity index (χ1) is 12.0. The summed E-state index contributed by atoms with van der Waals surface area (Å²) in [5.74, 6) is 3.53. The molecule has 4 fully saturated rings. The van der Waals surface area contributed by atoms with Gasteiger partial charge < -0.3 is 10.6 Å². The van der Waals surface area contributed by atoms with Gasteiger partial charge in [0, 0.05) is 18.4 Å². The van der Waals surface area contributed by atoms with E-state index in [-0.39, 0.29) is 5.41 Å². The number of ketones is 1. The van der Waals surface area contributed by atoms with Gasteiger partial charge in [-0.15, -0.1) is 0 Å². The maximum absolute atomic E-state index is 12.5. The highest BCUT2D eigenvalue weighted by atomic mass is 16.6. The molecule has 4 aliphatic rings. The summed E-state index contributed by atoms with van der Waals surface area (Å²) in [5.41, 5.74) is 7.17. The Morgan fingerprint density at radius 1 is 1.12 bits per heavy atom. The normalized spacial score (nSPS) is 48.0. The summed E-state index contributed by atoms with van der Waals surface area (Å²) in [5, 5.41) is 4.37. The molecule has 0 aliphatic heterocycles. The fourth-order valence-electron chi connectivity index (χ4n) is 7.10. The van der Waals surface area contributed by atoms with E-state index in [1.54, 1.807) is 0 Å². The molecule has 4 saturated carbocycles. The average molecular weight is 347 g/mol. The van der Waals surface area contributed by atoms with E-state index < -0.39 is 0 Å². The van der Waals surface area contributed by atoms with Gasteiger partial charge in [0.05, 0.1) is 5.71 Å². The number of hydrogen-bond donors (Lipinski definition) is 1. The standard InChI is InChI=1S/C21H34N2O2/c1-20-9-7-15(23-25-12-11-22)13-14(20)3-4-16-17-5-6-19(24)21(17,2)10-8-18(16)20/h14,16-18H,3-13,22H2,1-2H3/b23-15+/t14?,16?,17?,18?,20-,21-/m0/s1. The Morgan fingerprint density at radius 2 is 1.96 bits per heavy atom. The summed E-state index contributed by atoms with van der Waals surface area (Å²) in [6.07, 6.45) is 10.4. The molecule has 0 heterocycles.